The van der Waals surface area contributed by atoms with Gasteiger partial charge in [-0.25, -0.2) is 0 Å². The van der Waals surface area contributed by atoms with Crippen LogP contribution in [-0.4, -0.2) is 23.4 Å². The van der Waals surface area contributed by atoms with Gasteiger partial charge in [0.15, 0.2) is 0 Å². The molecule has 0 aliphatic heterocycles. The maximum atomic E-state index is 6.08. The molecule has 0 aliphatic rings. The van der Waals surface area contributed by atoms with Gasteiger partial charge in [-0.2, -0.15) is 5.10 Å². The van der Waals surface area contributed by atoms with Crippen LogP contribution in [0.3, 0.4) is 0 Å². The van der Waals surface area contributed by atoms with Gasteiger partial charge in [-0.3, -0.25) is 4.68 Å². The van der Waals surface area contributed by atoms with Crippen molar-refractivity contribution in [3.05, 3.63) is 52.3 Å². The second-order valence-electron chi connectivity index (χ2n) is 5.57. The van der Waals surface area contributed by atoms with Gasteiger partial charge in [0.1, 0.15) is 0 Å². The normalized spacial score (nSPS) is 12.6. The van der Waals surface area contributed by atoms with Crippen LogP contribution >= 0.6 is 11.6 Å². The summed E-state index contributed by atoms with van der Waals surface area (Å²) in [4.78, 5) is 0. The van der Waals surface area contributed by atoms with E-state index in [1.807, 2.05) is 30.9 Å². The lowest BCUT2D eigenvalue weighted by molar-refractivity contribution is 0.477. The minimum Gasteiger partial charge on any atom is -0.319 e. The summed E-state index contributed by atoms with van der Waals surface area (Å²) in [7, 11) is 4.04. The molecular formula is C17H24ClN3. The second-order valence-corrected chi connectivity index (χ2v) is 6.00. The van der Waals surface area contributed by atoms with E-state index in [-0.39, 0.29) is 0 Å². The van der Waals surface area contributed by atoms with E-state index in [4.69, 9.17) is 11.6 Å². The van der Waals surface area contributed by atoms with Crippen molar-refractivity contribution >= 4 is 11.6 Å². The molecule has 0 saturated carbocycles. The average molecular weight is 306 g/mol. The van der Waals surface area contributed by atoms with Gasteiger partial charge in [0.25, 0.3) is 0 Å². The lowest BCUT2D eigenvalue weighted by atomic mass is 9.94. The molecule has 1 N–H and O–H groups in total. The lowest BCUT2D eigenvalue weighted by Crippen LogP contribution is -2.23. The molecule has 0 spiro atoms. The zero-order valence-corrected chi connectivity index (χ0v) is 13.8. The molecular weight excluding hydrogens is 282 g/mol. The van der Waals surface area contributed by atoms with Crippen molar-refractivity contribution in [2.75, 3.05) is 13.6 Å². The first-order valence-electron chi connectivity index (χ1n) is 7.53. The summed E-state index contributed by atoms with van der Waals surface area (Å²) < 4.78 is 2.01. The Morgan fingerprint density at radius 2 is 2.10 bits per heavy atom. The highest BCUT2D eigenvalue weighted by Crippen LogP contribution is 2.18. The Morgan fingerprint density at radius 1 is 1.29 bits per heavy atom. The van der Waals surface area contributed by atoms with Gasteiger partial charge in [0, 0.05) is 17.8 Å². The Hall–Kier alpha value is -1.32. The molecule has 114 valence electrons. The van der Waals surface area contributed by atoms with Crippen molar-refractivity contribution in [2.45, 2.75) is 26.2 Å². The molecule has 1 atom stereocenters. The third-order valence-electron chi connectivity index (χ3n) is 3.79. The minimum absolute atomic E-state index is 0.536. The van der Waals surface area contributed by atoms with Crippen LogP contribution in [0, 0.1) is 5.92 Å². The smallest absolute Gasteiger partial charge is 0.0624 e. The summed E-state index contributed by atoms with van der Waals surface area (Å²) in [5.74, 6) is 0.536. The molecule has 2 rings (SSSR count). The Morgan fingerprint density at radius 3 is 2.71 bits per heavy atom. The number of hydrogen-bond donors (Lipinski definition) is 1. The molecule has 0 amide bonds. The number of hydrogen-bond acceptors (Lipinski definition) is 2. The molecule has 4 heteroatoms. The number of aryl methyl sites for hydroxylation is 2. The molecule has 0 saturated heterocycles. The lowest BCUT2D eigenvalue weighted by Gasteiger charge is -2.17. The van der Waals surface area contributed by atoms with E-state index < -0.39 is 0 Å². The van der Waals surface area contributed by atoms with Crippen LogP contribution in [0.5, 0.6) is 0 Å². The standard InChI is InChI=1S/C17H24ClN3/c1-4-16-11-17(21(3)20-16)10-14(12-19-2)8-13-6-5-7-15(18)9-13/h5-7,9,11,14,19H,4,8,10,12H2,1-3H3. The number of rotatable bonds is 7. The van der Waals surface area contributed by atoms with Gasteiger partial charge in [0.2, 0.25) is 0 Å². The highest BCUT2D eigenvalue weighted by Gasteiger charge is 2.14. The number of nitrogens with zero attached hydrogens (tertiary/aromatic N) is 2. The van der Waals surface area contributed by atoms with Gasteiger partial charge in [-0.1, -0.05) is 30.7 Å². The van der Waals surface area contributed by atoms with Crippen molar-refractivity contribution in [1.29, 1.82) is 0 Å². The van der Waals surface area contributed by atoms with Crippen molar-refractivity contribution in [1.82, 2.24) is 15.1 Å². The van der Waals surface area contributed by atoms with Gasteiger partial charge in [0.05, 0.1) is 5.69 Å². The largest absolute Gasteiger partial charge is 0.319 e. The molecule has 1 aromatic carbocycles. The van der Waals surface area contributed by atoms with Crippen LogP contribution in [0.2, 0.25) is 5.02 Å². The average Bonchev–Trinajstić information content (AvgIpc) is 2.80. The van der Waals surface area contributed by atoms with E-state index in [1.54, 1.807) is 0 Å². The molecule has 1 heterocycles. The minimum atomic E-state index is 0.536. The molecule has 0 bridgehead atoms. The quantitative estimate of drug-likeness (QED) is 0.851. The Labute approximate surface area is 132 Å². The van der Waals surface area contributed by atoms with E-state index >= 15 is 0 Å². The van der Waals surface area contributed by atoms with Crippen molar-refractivity contribution in [2.24, 2.45) is 13.0 Å². The van der Waals surface area contributed by atoms with Crippen LogP contribution < -0.4 is 5.32 Å². The zero-order chi connectivity index (χ0) is 15.2. The number of aromatic nitrogens is 2. The van der Waals surface area contributed by atoms with E-state index in [0.717, 1.165) is 30.8 Å². The summed E-state index contributed by atoms with van der Waals surface area (Å²) in [6.07, 6.45) is 3.03. The number of halogens is 1. The van der Waals surface area contributed by atoms with Crippen molar-refractivity contribution in [3.63, 3.8) is 0 Å². The summed E-state index contributed by atoms with van der Waals surface area (Å²) in [6.45, 7) is 3.13. The Kier molecular flexibility index (Phi) is 5.83. The van der Waals surface area contributed by atoms with Crippen LogP contribution in [0.25, 0.3) is 0 Å². The van der Waals surface area contributed by atoms with Gasteiger partial charge in [-0.05, 0) is 62.5 Å². The first-order valence-corrected chi connectivity index (χ1v) is 7.91. The molecule has 1 aromatic heterocycles. The first-order chi connectivity index (χ1) is 10.1. The molecule has 1 unspecified atom stereocenters. The second kappa shape index (κ2) is 7.62. The molecule has 0 fully saturated rings. The van der Waals surface area contributed by atoms with Crippen LogP contribution in [0.15, 0.2) is 30.3 Å². The third-order valence-corrected chi connectivity index (χ3v) is 4.03. The fourth-order valence-corrected chi connectivity index (χ4v) is 2.95. The SMILES string of the molecule is CCc1cc(CC(CNC)Cc2cccc(Cl)c2)n(C)n1. The molecule has 3 nitrogen and oxygen atoms in total. The molecule has 2 aromatic rings. The summed E-state index contributed by atoms with van der Waals surface area (Å²) in [6, 6.07) is 10.4. The van der Waals surface area contributed by atoms with E-state index in [2.05, 4.69) is 35.5 Å². The third kappa shape index (κ3) is 4.58. The molecule has 0 aliphatic carbocycles. The van der Waals surface area contributed by atoms with Gasteiger partial charge in [-0.15, -0.1) is 0 Å². The fourth-order valence-electron chi connectivity index (χ4n) is 2.73. The Balaban J connectivity index is 2.09. The van der Waals surface area contributed by atoms with Crippen LogP contribution in [-0.2, 0) is 26.3 Å². The van der Waals surface area contributed by atoms with Crippen LogP contribution in [0.1, 0.15) is 23.9 Å². The predicted octanol–water partition coefficient (Wildman–Crippen LogP) is 3.26. The summed E-state index contributed by atoms with van der Waals surface area (Å²) in [5.41, 5.74) is 3.76. The van der Waals surface area contributed by atoms with E-state index in [9.17, 15) is 0 Å². The van der Waals surface area contributed by atoms with Gasteiger partial charge < -0.3 is 5.32 Å². The Bertz CT molecular complexity index is 577. The van der Waals surface area contributed by atoms with E-state index in [1.165, 1.54) is 17.0 Å². The number of benzene rings is 1. The molecule has 21 heavy (non-hydrogen) atoms. The number of nitrogens with one attached hydrogen (secondary N) is 1. The summed E-state index contributed by atoms with van der Waals surface area (Å²) >= 11 is 6.08. The maximum absolute atomic E-state index is 6.08. The van der Waals surface area contributed by atoms with Crippen LogP contribution in [0.4, 0.5) is 0 Å². The predicted molar refractivity (Wildman–Crippen MR) is 88.9 cm³/mol. The van der Waals surface area contributed by atoms with Gasteiger partial charge >= 0.3 is 0 Å². The topological polar surface area (TPSA) is 29.9 Å². The highest BCUT2D eigenvalue weighted by molar-refractivity contribution is 6.30. The first kappa shape index (κ1) is 16.1. The van der Waals surface area contributed by atoms with Crippen molar-refractivity contribution < 1.29 is 0 Å². The highest BCUT2D eigenvalue weighted by atomic mass is 35.5. The maximum Gasteiger partial charge on any atom is 0.0624 e. The van der Waals surface area contributed by atoms with Crippen molar-refractivity contribution in [3.8, 4) is 0 Å². The monoisotopic (exact) mass is 305 g/mol. The zero-order valence-electron chi connectivity index (χ0n) is 13.1. The molecule has 0 radical (unpaired) electrons. The summed E-state index contributed by atoms with van der Waals surface area (Å²) in [5, 5.41) is 8.65. The van der Waals surface area contributed by atoms with E-state index in [0.29, 0.717) is 5.92 Å². The fraction of sp³-hybridized carbons (Fsp3) is 0.471.